The second-order valence-corrected chi connectivity index (χ2v) is 8.53. The number of amides is 2. The first-order valence-corrected chi connectivity index (χ1v) is 12.0. The predicted octanol–water partition coefficient (Wildman–Crippen LogP) is 4.56. The number of carbonyl (C=O) groups is 2. The van der Waals surface area contributed by atoms with Crippen LogP contribution in [0.15, 0.2) is 109 Å². The molecular formula is C30H28FN3O3. The van der Waals surface area contributed by atoms with Crippen LogP contribution in [-0.2, 0) is 29.1 Å². The minimum Gasteiger partial charge on any atom is -0.484 e. The predicted molar refractivity (Wildman–Crippen MR) is 139 cm³/mol. The van der Waals surface area contributed by atoms with Gasteiger partial charge in [-0.3, -0.25) is 14.6 Å². The molecule has 37 heavy (non-hydrogen) atoms. The van der Waals surface area contributed by atoms with Gasteiger partial charge in [0.15, 0.2) is 6.61 Å². The first kappa shape index (κ1) is 25.6. The molecule has 0 spiro atoms. The summed E-state index contributed by atoms with van der Waals surface area (Å²) >= 11 is 0. The molecular weight excluding hydrogens is 469 g/mol. The van der Waals surface area contributed by atoms with Crippen molar-refractivity contribution in [1.82, 2.24) is 15.2 Å². The SMILES string of the molecule is O=C(NCc1cccnc1)[C@H](Cc1ccccc1)N(Cc1ccc(F)cc1)C(=O)COc1ccccc1. The van der Waals surface area contributed by atoms with E-state index < -0.39 is 6.04 Å². The van der Waals surface area contributed by atoms with Crippen LogP contribution in [0.1, 0.15) is 16.7 Å². The lowest BCUT2D eigenvalue weighted by molar-refractivity contribution is -0.142. The Balaban J connectivity index is 1.60. The molecule has 0 saturated carbocycles. The lowest BCUT2D eigenvalue weighted by Gasteiger charge is -2.31. The molecule has 1 heterocycles. The molecule has 0 radical (unpaired) electrons. The molecule has 0 fully saturated rings. The highest BCUT2D eigenvalue weighted by Gasteiger charge is 2.30. The number of pyridine rings is 1. The molecule has 2 amide bonds. The van der Waals surface area contributed by atoms with Gasteiger partial charge in [0.1, 0.15) is 17.6 Å². The molecule has 4 rings (SSSR count). The van der Waals surface area contributed by atoms with Gasteiger partial charge in [-0.15, -0.1) is 0 Å². The molecule has 1 N–H and O–H groups in total. The average molecular weight is 498 g/mol. The number of para-hydroxylation sites is 1. The van der Waals surface area contributed by atoms with Crippen molar-refractivity contribution in [1.29, 1.82) is 0 Å². The van der Waals surface area contributed by atoms with Crippen LogP contribution in [-0.4, -0.2) is 34.3 Å². The lowest BCUT2D eigenvalue weighted by Crippen LogP contribution is -2.51. The molecule has 7 heteroatoms. The van der Waals surface area contributed by atoms with Crippen molar-refractivity contribution in [2.45, 2.75) is 25.6 Å². The van der Waals surface area contributed by atoms with Gasteiger partial charge < -0.3 is 15.0 Å². The molecule has 1 aromatic heterocycles. The van der Waals surface area contributed by atoms with Gasteiger partial charge >= 0.3 is 0 Å². The summed E-state index contributed by atoms with van der Waals surface area (Å²) in [6, 6.07) is 27.3. The Labute approximate surface area is 215 Å². The molecule has 4 aromatic rings. The number of ether oxygens (including phenoxy) is 1. The molecule has 6 nitrogen and oxygen atoms in total. The van der Waals surface area contributed by atoms with E-state index in [1.54, 1.807) is 42.7 Å². The number of carbonyl (C=O) groups excluding carboxylic acids is 2. The number of nitrogens with zero attached hydrogens (tertiary/aromatic N) is 2. The van der Waals surface area contributed by atoms with E-state index in [9.17, 15) is 14.0 Å². The maximum absolute atomic E-state index is 13.6. The number of nitrogens with one attached hydrogen (secondary N) is 1. The fourth-order valence-corrected chi connectivity index (χ4v) is 3.89. The third-order valence-corrected chi connectivity index (χ3v) is 5.83. The Hall–Kier alpha value is -4.52. The molecule has 188 valence electrons. The van der Waals surface area contributed by atoms with E-state index in [0.717, 1.165) is 11.1 Å². The summed E-state index contributed by atoms with van der Waals surface area (Å²) in [5.74, 6) is -0.476. The first-order chi connectivity index (χ1) is 18.1. The lowest BCUT2D eigenvalue weighted by atomic mass is 10.0. The van der Waals surface area contributed by atoms with Crippen LogP contribution in [0, 0.1) is 5.82 Å². The van der Waals surface area contributed by atoms with Gasteiger partial charge in [-0.05, 0) is 47.0 Å². The van der Waals surface area contributed by atoms with Crippen LogP contribution >= 0.6 is 0 Å². The van der Waals surface area contributed by atoms with Crippen LogP contribution in [0.4, 0.5) is 4.39 Å². The van der Waals surface area contributed by atoms with Gasteiger partial charge in [-0.1, -0.05) is 66.7 Å². The quantitative estimate of drug-likeness (QED) is 0.330. The van der Waals surface area contributed by atoms with E-state index in [2.05, 4.69) is 10.3 Å². The van der Waals surface area contributed by atoms with Crippen molar-refractivity contribution in [2.24, 2.45) is 0 Å². The van der Waals surface area contributed by atoms with Crippen molar-refractivity contribution < 1.29 is 18.7 Å². The summed E-state index contributed by atoms with van der Waals surface area (Å²) in [6.07, 6.45) is 3.65. The maximum atomic E-state index is 13.6. The van der Waals surface area contributed by atoms with Crippen LogP contribution in [0.25, 0.3) is 0 Å². The van der Waals surface area contributed by atoms with Gasteiger partial charge in [-0.2, -0.15) is 0 Å². The fourth-order valence-electron chi connectivity index (χ4n) is 3.89. The van der Waals surface area contributed by atoms with Crippen molar-refractivity contribution in [3.63, 3.8) is 0 Å². The summed E-state index contributed by atoms with van der Waals surface area (Å²) in [6.45, 7) is 0.151. The number of rotatable bonds is 11. The molecule has 0 aliphatic rings. The molecule has 0 unspecified atom stereocenters. The van der Waals surface area contributed by atoms with Gasteiger partial charge in [0.2, 0.25) is 5.91 Å². The van der Waals surface area contributed by atoms with Crippen LogP contribution in [0.5, 0.6) is 5.75 Å². The summed E-state index contributed by atoms with van der Waals surface area (Å²) in [7, 11) is 0. The first-order valence-electron chi connectivity index (χ1n) is 12.0. The van der Waals surface area contributed by atoms with E-state index in [4.69, 9.17) is 4.74 Å². The molecule has 3 aromatic carbocycles. The summed E-state index contributed by atoms with van der Waals surface area (Å²) in [5, 5.41) is 2.95. The number of hydrogen-bond donors (Lipinski definition) is 1. The van der Waals surface area contributed by atoms with Gasteiger partial charge in [0.05, 0.1) is 0 Å². The van der Waals surface area contributed by atoms with Crippen LogP contribution in [0.2, 0.25) is 0 Å². The topological polar surface area (TPSA) is 71.5 Å². The van der Waals surface area contributed by atoms with E-state index in [1.807, 2.05) is 54.6 Å². The fraction of sp³-hybridized carbons (Fsp3) is 0.167. The van der Waals surface area contributed by atoms with Crippen molar-refractivity contribution in [3.05, 3.63) is 132 Å². The van der Waals surface area contributed by atoms with E-state index in [0.29, 0.717) is 17.7 Å². The largest absolute Gasteiger partial charge is 0.484 e. The molecule has 0 saturated heterocycles. The smallest absolute Gasteiger partial charge is 0.261 e. The highest BCUT2D eigenvalue weighted by molar-refractivity contribution is 5.88. The third kappa shape index (κ3) is 7.73. The minimum atomic E-state index is -0.823. The minimum absolute atomic E-state index is 0.120. The number of halogens is 1. The molecule has 0 bridgehead atoms. The Kier molecular flexibility index (Phi) is 8.97. The number of aromatic nitrogens is 1. The normalized spacial score (nSPS) is 11.4. The number of benzene rings is 3. The Morgan fingerprint density at radius 2 is 1.51 bits per heavy atom. The maximum Gasteiger partial charge on any atom is 0.261 e. The monoisotopic (exact) mass is 497 g/mol. The van der Waals surface area contributed by atoms with E-state index >= 15 is 0 Å². The molecule has 0 aliphatic heterocycles. The zero-order valence-corrected chi connectivity index (χ0v) is 20.3. The van der Waals surface area contributed by atoms with Gasteiger partial charge in [0.25, 0.3) is 5.91 Å². The van der Waals surface area contributed by atoms with Gasteiger partial charge in [0, 0.05) is 31.9 Å². The molecule has 1 atom stereocenters. The second-order valence-electron chi connectivity index (χ2n) is 8.53. The van der Waals surface area contributed by atoms with E-state index in [-0.39, 0.29) is 37.3 Å². The van der Waals surface area contributed by atoms with Gasteiger partial charge in [-0.25, -0.2) is 4.39 Å². The summed E-state index contributed by atoms with van der Waals surface area (Å²) in [4.78, 5) is 32.7. The Morgan fingerprint density at radius 3 is 2.19 bits per heavy atom. The number of hydrogen-bond acceptors (Lipinski definition) is 4. The third-order valence-electron chi connectivity index (χ3n) is 5.83. The van der Waals surface area contributed by atoms with Crippen LogP contribution < -0.4 is 10.1 Å². The Bertz CT molecular complexity index is 1270. The summed E-state index contributed by atoms with van der Waals surface area (Å²) < 4.78 is 19.3. The van der Waals surface area contributed by atoms with Crippen molar-refractivity contribution in [2.75, 3.05) is 6.61 Å². The average Bonchev–Trinajstić information content (AvgIpc) is 2.95. The zero-order chi connectivity index (χ0) is 25.9. The van der Waals surface area contributed by atoms with Crippen LogP contribution in [0.3, 0.4) is 0 Å². The standard InChI is InChI=1S/C30H28FN3O3/c31-26-15-13-24(14-16-26)21-34(29(35)22-37-27-11-5-2-6-12-27)28(18-23-8-3-1-4-9-23)30(36)33-20-25-10-7-17-32-19-25/h1-17,19,28H,18,20-22H2,(H,33,36)/t28-/m0/s1. The van der Waals surface area contributed by atoms with Crippen molar-refractivity contribution in [3.8, 4) is 5.75 Å². The molecule has 0 aliphatic carbocycles. The van der Waals surface area contributed by atoms with Crippen molar-refractivity contribution >= 4 is 11.8 Å². The zero-order valence-electron chi connectivity index (χ0n) is 20.3. The second kappa shape index (κ2) is 13.0. The van der Waals surface area contributed by atoms with E-state index in [1.165, 1.54) is 17.0 Å². The highest BCUT2D eigenvalue weighted by atomic mass is 19.1. The highest BCUT2D eigenvalue weighted by Crippen LogP contribution is 2.17. The Morgan fingerprint density at radius 1 is 0.838 bits per heavy atom. The summed E-state index contributed by atoms with van der Waals surface area (Å²) in [5.41, 5.74) is 2.45.